The molecule has 1 unspecified atom stereocenters. The molecule has 0 aliphatic carbocycles. The molecule has 0 amide bonds. The number of hydrogen-bond donors (Lipinski definition) is 4. The Labute approximate surface area is 257 Å². The number of phenols is 1. The minimum Gasteiger partial charge on any atom is -0.506 e. The predicted molar refractivity (Wildman–Crippen MR) is 164 cm³/mol. The normalized spacial score (nSPS) is 12.2. The molecule has 0 spiro atoms. The summed E-state index contributed by atoms with van der Waals surface area (Å²) in [5.74, 6) is 0.0273. The fraction of sp³-hybridized carbons (Fsp3) is 0.355. The Morgan fingerprint density at radius 1 is 0.773 bits per heavy atom. The number of aromatic hydroxyl groups is 1. The molecule has 4 N–H and O–H groups in total. The highest BCUT2D eigenvalue weighted by atomic mass is 32.2. The summed E-state index contributed by atoms with van der Waals surface area (Å²) in [6.07, 6.45) is -1.33. The van der Waals surface area contributed by atoms with Crippen molar-refractivity contribution in [3.8, 4) is 17.2 Å². The van der Waals surface area contributed by atoms with Gasteiger partial charge in [0.2, 0.25) is 10.0 Å². The van der Waals surface area contributed by atoms with Gasteiger partial charge in [-0.25, -0.2) is 18.0 Å². The largest absolute Gasteiger partial charge is 0.514 e. The number of aliphatic hydroxyl groups is 1. The van der Waals surface area contributed by atoms with Crippen LogP contribution in [0.15, 0.2) is 66.7 Å². The summed E-state index contributed by atoms with van der Waals surface area (Å²) in [6, 6.07) is 17.4. The van der Waals surface area contributed by atoms with E-state index in [-0.39, 0.29) is 36.2 Å². The minimum absolute atomic E-state index is 0.0139. The van der Waals surface area contributed by atoms with Gasteiger partial charge < -0.3 is 34.5 Å². The van der Waals surface area contributed by atoms with E-state index in [1.807, 2.05) is 0 Å². The molecular weight excluding hydrogens is 592 g/mol. The Morgan fingerprint density at radius 2 is 1.23 bits per heavy atom. The molecule has 44 heavy (non-hydrogen) atoms. The average molecular weight is 631 g/mol. The van der Waals surface area contributed by atoms with Gasteiger partial charge in [-0.05, 0) is 80.8 Å². The van der Waals surface area contributed by atoms with Crippen molar-refractivity contribution < 1.29 is 47.2 Å². The molecule has 0 aromatic heterocycles. The summed E-state index contributed by atoms with van der Waals surface area (Å²) in [5.41, 5.74) is 2.18. The third-order valence-corrected chi connectivity index (χ3v) is 6.69. The molecule has 13 heteroatoms. The lowest BCUT2D eigenvalue weighted by molar-refractivity contribution is 0.0717. The first kappa shape index (κ1) is 34.2. The molecule has 1 atom stereocenters. The molecule has 0 saturated carbocycles. The van der Waals surface area contributed by atoms with Crippen molar-refractivity contribution in [1.29, 1.82) is 0 Å². The van der Waals surface area contributed by atoms with E-state index in [0.717, 1.165) is 17.4 Å². The van der Waals surface area contributed by atoms with Gasteiger partial charge in [0.15, 0.2) is 0 Å². The summed E-state index contributed by atoms with van der Waals surface area (Å²) in [6.45, 7) is 6.83. The Kier molecular flexibility index (Phi) is 12.0. The monoisotopic (exact) mass is 630 g/mol. The van der Waals surface area contributed by atoms with Crippen LogP contribution >= 0.6 is 0 Å². The Balaban J connectivity index is 1.87. The lowest BCUT2D eigenvalue weighted by atomic mass is 9.90. The standard InChI is InChI=1S/C31H38N2O10S/c1-19(2)40-30(36)42-24-11-6-21(7-12-24)26(22-8-13-25(14-9-22)43-31(37)41-20(3)4)17-32-28(18-34)23-10-15-29(35)27(16-23)33-44(5,38)39/h6-16,19-20,26,28,32-35H,17-18H2,1-5H3. The van der Waals surface area contributed by atoms with Crippen LogP contribution in [0.25, 0.3) is 0 Å². The molecule has 12 nitrogen and oxygen atoms in total. The van der Waals surface area contributed by atoms with Crippen LogP contribution in [0.1, 0.15) is 56.3 Å². The van der Waals surface area contributed by atoms with Gasteiger partial charge in [-0.2, -0.15) is 0 Å². The number of carbonyl (C=O) groups excluding carboxylic acids is 2. The van der Waals surface area contributed by atoms with Crippen molar-refractivity contribution >= 4 is 28.0 Å². The predicted octanol–water partition coefficient (Wildman–Crippen LogP) is 5.07. The molecule has 3 aromatic carbocycles. The number of nitrogens with one attached hydrogen (secondary N) is 2. The van der Waals surface area contributed by atoms with Gasteiger partial charge in [0.05, 0.1) is 36.8 Å². The SMILES string of the molecule is CC(C)OC(=O)Oc1ccc(C(CNC(CO)c2ccc(O)c(NS(C)(=O)=O)c2)c2ccc(OC(=O)OC(C)C)cc2)cc1. The lowest BCUT2D eigenvalue weighted by Gasteiger charge is -2.24. The first-order valence-corrected chi connectivity index (χ1v) is 15.7. The number of hydrogen-bond acceptors (Lipinski definition) is 11. The smallest absolute Gasteiger partial charge is 0.506 e. The number of aliphatic hydroxyl groups excluding tert-OH is 1. The first-order chi connectivity index (χ1) is 20.7. The van der Waals surface area contributed by atoms with Crippen LogP contribution in [-0.4, -0.2) is 62.6 Å². The second kappa shape index (κ2) is 15.4. The van der Waals surface area contributed by atoms with Gasteiger partial charge >= 0.3 is 12.3 Å². The third-order valence-electron chi connectivity index (χ3n) is 6.10. The molecule has 0 aliphatic heterocycles. The zero-order valence-electron chi connectivity index (χ0n) is 25.1. The maximum atomic E-state index is 11.9. The first-order valence-electron chi connectivity index (χ1n) is 13.9. The van der Waals surface area contributed by atoms with Crippen molar-refractivity contribution in [2.75, 3.05) is 24.1 Å². The van der Waals surface area contributed by atoms with Gasteiger partial charge in [-0.3, -0.25) is 4.72 Å². The van der Waals surface area contributed by atoms with Crippen LogP contribution in [0.3, 0.4) is 0 Å². The Bertz CT molecular complexity index is 1440. The highest BCUT2D eigenvalue weighted by Gasteiger charge is 2.20. The van der Waals surface area contributed by atoms with Crippen LogP contribution in [0.4, 0.5) is 15.3 Å². The minimum atomic E-state index is -3.65. The van der Waals surface area contributed by atoms with Crippen molar-refractivity contribution in [3.63, 3.8) is 0 Å². The van der Waals surface area contributed by atoms with Crippen LogP contribution in [0, 0.1) is 0 Å². The van der Waals surface area contributed by atoms with Crippen molar-refractivity contribution in [1.82, 2.24) is 5.32 Å². The zero-order valence-corrected chi connectivity index (χ0v) is 26.0. The number of sulfonamides is 1. The van der Waals surface area contributed by atoms with E-state index < -0.39 is 28.4 Å². The van der Waals surface area contributed by atoms with Gasteiger partial charge in [-0.1, -0.05) is 30.3 Å². The molecule has 0 saturated heterocycles. The van der Waals surface area contributed by atoms with Crippen molar-refractivity contribution in [3.05, 3.63) is 83.4 Å². The van der Waals surface area contributed by atoms with E-state index in [1.165, 1.54) is 12.1 Å². The summed E-state index contributed by atoms with van der Waals surface area (Å²) < 4.78 is 46.3. The van der Waals surface area contributed by atoms with Gasteiger partial charge in [0.25, 0.3) is 0 Å². The fourth-order valence-electron chi connectivity index (χ4n) is 4.19. The quantitative estimate of drug-likeness (QED) is 0.113. The number of anilines is 1. The molecule has 0 fully saturated rings. The number of ether oxygens (including phenoxy) is 4. The second-order valence-corrected chi connectivity index (χ2v) is 12.3. The van der Waals surface area contributed by atoms with E-state index in [0.29, 0.717) is 23.6 Å². The molecule has 3 aromatic rings. The number of benzene rings is 3. The van der Waals surface area contributed by atoms with Crippen LogP contribution in [0.2, 0.25) is 0 Å². The second-order valence-electron chi connectivity index (χ2n) is 10.5. The molecule has 0 heterocycles. The van der Waals surface area contributed by atoms with Crippen LogP contribution < -0.4 is 19.5 Å². The molecule has 0 aliphatic rings. The molecule has 0 radical (unpaired) electrons. The summed E-state index contributed by atoms with van der Waals surface area (Å²) in [5, 5.41) is 23.6. The fourth-order valence-corrected chi connectivity index (χ4v) is 4.75. The summed E-state index contributed by atoms with van der Waals surface area (Å²) in [7, 11) is -3.65. The van der Waals surface area contributed by atoms with Crippen LogP contribution in [0.5, 0.6) is 17.2 Å². The van der Waals surface area contributed by atoms with Crippen molar-refractivity contribution in [2.45, 2.75) is 51.9 Å². The van der Waals surface area contributed by atoms with Crippen molar-refractivity contribution in [2.24, 2.45) is 0 Å². The Morgan fingerprint density at radius 3 is 1.64 bits per heavy atom. The summed E-state index contributed by atoms with van der Waals surface area (Å²) in [4.78, 5) is 23.8. The third kappa shape index (κ3) is 10.7. The van der Waals surface area contributed by atoms with E-state index in [1.54, 1.807) is 82.3 Å². The average Bonchev–Trinajstić information content (AvgIpc) is 2.92. The molecule has 238 valence electrons. The van der Waals surface area contributed by atoms with Gasteiger partial charge in [-0.15, -0.1) is 0 Å². The van der Waals surface area contributed by atoms with E-state index >= 15 is 0 Å². The Hall–Kier alpha value is -4.33. The highest BCUT2D eigenvalue weighted by molar-refractivity contribution is 7.92. The highest BCUT2D eigenvalue weighted by Crippen LogP contribution is 2.31. The number of carbonyl (C=O) groups is 2. The topological polar surface area (TPSA) is 170 Å². The number of rotatable bonds is 13. The van der Waals surface area contributed by atoms with Gasteiger partial charge in [0, 0.05) is 12.5 Å². The number of phenolic OH excluding ortho intramolecular Hbond substituents is 1. The molecule has 3 rings (SSSR count). The van der Waals surface area contributed by atoms with Crippen LogP contribution in [-0.2, 0) is 19.5 Å². The van der Waals surface area contributed by atoms with Gasteiger partial charge in [0.1, 0.15) is 17.2 Å². The molecule has 0 bridgehead atoms. The van der Waals surface area contributed by atoms with E-state index in [4.69, 9.17) is 18.9 Å². The van der Waals surface area contributed by atoms with E-state index in [9.17, 15) is 28.2 Å². The zero-order chi connectivity index (χ0) is 32.4. The van der Waals surface area contributed by atoms with E-state index in [2.05, 4.69) is 10.0 Å². The maximum Gasteiger partial charge on any atom is 0.514 e. The summed E-state index contributed by atoms with van der Waals surface area (Å²) >= 11 is 0. The lowest BCUT2D eigenvalue weighted by Crippen LogP contribution is -2.29. The maximum absolute atomic E-state index is 11.9. The molecular formula is C31H38N2O10S.